The van der Waals surface area contributed by atoms with Crippen LogP contribution < -0.4 is 0 Å². The molecule has 0 saturated heterocycles. The van der Waals surface area contributed by atoms with Gasteiger partial charge in [-0.05, 0) is 43.2 Å². The molecule has 29 heavy (non-hydrogen) atoms. The first kappa shape index (κ1) is 20.3. The molecule has 2 aromatic carbocycles. The van der Waals surface area contributed by atoms with Gasteiger partial charge < -0.3 is 9.64 Å². The van der Waals surface area contributed by atoms with Crippen LogP contribution in [-0.4, -0.2) is 44.7 Å². The summed E-state index contributed by atoms with van der Waals surface area (Å²) < 4.78 is 6.83. The highest BCUT2D eigenvalue weighted by atomic mass is 16.5. The second-order valence-corrected chi connectivity index (χ2v) is 6.76. The molecule has 0 N–H and O–H groups in total. The van der Waals surface area contributed by atoms with Crippen LogP contribution in [0.15, 0.2) is 61.2 Å². The number of amides is 1. The fourth-order valence-electron chi connectivity index (χ4n) is 2.87. The Labute approximate surface area is 169 Å². The van der Waals surface area contributed by atoms with Crippen molar-refractivity contribution in [1.82, 2.24) is 19.7 Å². The lowest BCUT2D eigenvalue weighted by Crippen LogP contribution is -2.34. The molecule has 0 spiro atoms. The highest BCUT2D eigenvalue weighted by Crippen LogP contribution is 2.11. The highest BCUT2D eigenvalue weighted by Gasteiger charge is 2.16. The van der Waals surface area contributed by atoms with Crippen molar-refractivity contribution in [2.75, 3.05) is 13.2 Å². The SMILES string of the molecule is CCCN(Cc1ccc(C)cc1)C(=O)COC(=O)c1ccc(-n2cncn2)cc1. The fourth-order valence-corrected chi connectivity index (χ4v) is 2.87. The van der Waals surface area contributed by atoms with Crippen molar-refractivity contribution in [2.24, 2.45) is 0 Å². The van der Waals surface area contributed by atoms with E-state index >= 15 is 0 Å². The monoisotopic (exact) mass is 392 g/mol. The molecular weight excluding hydrogens is 368 g/mol. The van der Waals surface area contributed by atoms with Gasteiger partial charge in [0.2, 0.25) is 0 Å². The molecule has 1 amide bonds. The molecule has 150 valence electrons. The smallest absolute Gasteiger partial charge is 0.338 e. The summed E-state index contributed by atoms with van der Waals surface area (Å²) in [5.41, 5.74) is 3.38. The summed E-state index contributed by atoms with van der Waals surface area (Å²) in [5, 5.41) is 4.04. The summed E-state index contributed by atoms with van der Waals surface area (Å²) in [6, 6.07) is 14.8. The van der Waals surface area contributed by atoms with Crippen molar-refractivity contribution in [3.05, 3.63) is 77.9 Å². The van der Waals surface area contributed by atoms with Gasteiger partial charge in [-0.2, -0.15) is 5.10 Å². The molecule has 0 saturated carbocycles. The lowest BCUT2D eigenvalue weighted by molar-refractivity contribution is -0.135. The van der Waals surface area contributed by atoms with Gasteiger partial charge in [-0.3, -0.25) is 4.79 Å². The van der Waals surface area contributed by atoms with Gasteiger partial charge in [0, 0.05) is 13.1 Å². The average Bonchev–Trinajstić information content (AvgIpc) is 3.28. The average molecular weight is 392 g/mol. The number of hydrogen-bond donors (Lipinski definition) is 0. The van der Waals surface area contributed by atoms with Gasteiger partial charge in [-0.25, -0.2) is 14.5 Å². The van der Waals surface area contributed by atoms with Crippen molar-refractivity contribution < 1.29 is 14.3 Å². The number of aryl methyl sites for hydroxylation is 1. The van der Waals surface area contributed by atoms with Crippen molar-refractivity contribution in [3.63, 3.8) is 0 Å². The topological polar surface area (TPSA) is 77.3 Å². The first-order valence-electron chi connectivity index (χ1n) is 9.52. The third-order valence-electron chi connectivity index (χ3n) is 4.45. The molecule has 1 heterocycles. The molecule has 7 nitrogen and oxygen atoms in total. The summed E-state index contributed by atoms with van der Waals surface area (Å²) in [6.07, 6.45) is 3.84. The number of benzene rings is 2. The van der Waals surface area contributed by atoms with Crippen LogP contribution in [0.5, 0.6) is 0 Å². The largest absolute Gasteiger partial charge is 0.452 e. The molecule has 0 atom stereocenters. The van der Waals surface area contributed by atoms with Crippen molar-refractivity contribution in [3.8, 4) is 5.69 Å². The Morgan fingerprint density at radius 2 is 1.79 bits per heavy atom. The zero-order valence-corrected chi connectivity index (χ0v) is 16.6. The second kappa shape index (κ2) is 9.64. The van der Waals surface area contributed by atoms with E-state index in [-0.39, 0.29) is 12.5 Å². The number of ether oxygens (including phenoxy) is 1. The van der Waals surface area contributed by atoms with Crippen LogP contribution in [0, 0.1) is 6.92 Å². The standard InChI is InChI=1S/C22H24N4O3/c1-3-12-25(13-18-6-4-17(2)5-7-18)21(27)14-29-22(28)19-8-10-20(11-9-19)26-16-23-15-24-26/h4-11,15-16H,3,12-14H2,1-2H3. The molecule has 0 bridgehead atoms. The number of rotatable bonds is 8. The van der Waals surface area contributed by atoms with Crippen LogP contribution in [0.4, 0.5) is 0 Å². The Balaban J connectivity index is 1.57. The number of carbonyl (C=O) groups is 2. The van der Waals surface area contributed by atoms with Crippen LogP contribution in [0.2, 0.25) is 0 Å². The van der Waals surface area contributed by atoms with Crippen molar-refractivity contribution in [1.29, 1.82) is 0 Å². The van der Waals surface area contributed by atoms with E-state index < -0.39 is 5.97 Å². The van der Waals surface area contributed by atoms with E-state index in [9.17, 15) is 9.59 Å². The molecule has 3 rings (SSSR count). The van der Waals surface area contributed by atoms with Gasteiger partial charge >= 0.3 is 5.97 Å². The molecule has 3 aromatic rings. The summed E-state index contributed by atoms with van der Waals surface area (Å²) >= 11 is 0. The molecule has 0 fully saturated rings. The van der Waals surface area contributed by atoms with E-state index in [1.54, 1.807) is 40.2 Å². The number of hydrogen-bond acceptors (Lipinski definition) is 5. The normalized spacial score (nSPS) is 10.6. The maximum Gasteiger partial charge on any atom is 0.338 e. The van der Waals surface area contributed by atoms with Crippen LogP contribution in [-0.2, 0) is 16.1 Å². The Morgan fingerprint density at radius 3 is 2.41 bits per heavy atom. The lowest BCUT2D eigenvalue weighted by atomic mass is 10.1. The molecule has 1 aromatic heterocycles. The first-order valence-corrected chi connectivity index (χ1v) is 9.52. The van der Waals surface area contributed by atoms with Gasteiger partial charge in [0.15, 0.2) is 6.61 Å². The number of esters is 1. The minimum Gasteiger partial charge on any atom is -0.452 e. The van der Waals surface area contributed by atoms with Crippen LogP contribution >= 0.6 is 0 Å². The molecule has 0 aliphatic heterocycles. The zero-order valence-electron chi connectivity index (χ0n) is 16.6. The Kier molecular flexibility index (Phi) is 6.73. The van der Waals surface area contributed by atoms with Gasteiger partial charge in [0.05, 0.1) is 11.3 Å². The van der Waals surface area contributed by atoms with Crippen LogP contribution in [0.3, 0.4) is 0 Å². The molecule has 0 radical (unpaired) electrons. The number of nitrogens with zero attached hydrogens (tertiary/aromatic N) is 4. The quantitative estimate of drug-likeness (QED) is 0.550. The minimum atomic E-state index is -0.532. The zero-order chi connectivity index (χ0) is 20.6. The summed E-state index contributed by atoms with van der Waals surface area (Å²) in [7, 11) is 0. The maximum absolute atomic E-state index is 12.6. The molecule has 0 aliphatic carbocycles. The summed E-state index contributed by atoms with van der Waals surface area (Å²) in [5.74, 6) is -0.740. The van der Waals surface area contributed by atoms with E-state index in [2.05, 4.69) is 10.1 Å². The van der Waals surface area contributed by atoms with E-state index in [0.29, 0.717) is 18.7 Å². The van der Waals surface area contributed by atoms with E-state index in [1.807, 2.05) is 38.1 Å². The maximum atomic E-state index is 12.6. The second-order valence-electron chi connectivity index (χ2n) is 6.76. The fraction of sp³-hybridized carbons (Fsp3) is 0.273. The first-order chi connectivity index (χ1) is 14.1. The predicted molar refractivity (Wildman–Crippen MR) is 109 cm³/mol. The van der Waals surface area contributed by atoms with Gasteiger partial charge in [-0.1, -0.05) is 36.8 Å². The highest BCUT2D eigenvalue weighted by molar-refractivity contribution is 5.91. The summed E-state index contributed by atoms with van der Waals surface area (Å²) in [4.78, 5) is 30.5. The van der Waals surface area contributed by atoms with Crippen LogP contribution in [0.25, 0.3) is 5.69 Å². The van der Waals surface area contributed by atoms with E-state index in [0.717, 1.165) is 17.7 Å². The van der Waals surface area contributed by atoms with Crippen molar-refractivity contribution >= 4 is 11.9 Å². The van der Waals surface area contributed by atoms with E-state index in [1.165, 1.54) is 11.9 Å². The third-order valence-corrected chi connectivity index (χ3v) is 4.45. The Morgan fingerprint density at radius 1 is 1.07 bits per heavy atom. The van der Waals surface area contributed by atoms with Gasteiger partial charge in [0.1, 0.15) is 12.7 Å². The number of carbonyl (C=O) groups excluding carboxylic acids is 2. The summed E-state index contributed by atoms with van der Waals surface area (Å²) in [6.45, 7) is 4.86. The molecule has 0 unspecified atom stereocenters. The van der Waals surface area contributed by atoms with Crippen LogP contribution in [0.1, 0.15) is 34.8 Å². The Bertz CT molecular complexity index is 935. The lowest BCUT2D eigenvalue weighted by Gasteiger charge is -2.22. The van der Waals surface area contributed by atoms with Gasteiger partial charge in [-0.15, -0.1) is 0 Å². The minimum absolute atomic E-state index is 0.208. The number of aromatic nitrogens is 3. The molecular formula is C22H24N4O3. The van der Waals surface area contributed by atoms with Crippen molar-refractivity contribution in [2.45, 2.75) is 26.8 Å². The predicted octanol–water partition coefficient (Wildman–Crippen LogP) is 3.17. The Hall–Kier alpha value is -3.48. The van der Waals surface area contributed by atoms with Gasteiger partial charge in [0.25, 0.3) is 5.91 Å². The third kappa shape index (κ3) is 5.51. The molecule has 0 aliphatic rings. The van der Waals surface area contributed by atoms with E-state index in [4.69, 9.17) is 4.74 Å². The molecule has 7 heteroatoms.